The van der Waals surface area contributed by atoms with Crippen molar-refractivity contribution in [3.05, 3.63) is 0 Å². The molecule has 0 aliphatic rings. The minimum atomic E-state index is -0.648. The maximum absolute atomic E-state index is 10.5. The van der Waals surface area contributed by atoms with Gasteiger partial charge in [0.25, 0.3) is 0 Å². The van der Waals surface area contributed by atoms with Crippen molar-refractivity contribution in [2.75, 3.05) is 6.61 Å². The van der Waals surface area contributed by atoms with Gasteiger partial charge in [-0.1, -0.05) is 180 Å². The van der Waals surface area contributed by atoms with E-state index in [0.717, 1.165) is 12.8 Å². The van der Waals surface area contributed by atoms with E-state index < -0.39 is 6.09 Å². The fourth-order valence-electron chi connectivity index (χ4n) is 4.94. The normalized spacial score (nSPS) is 11.2. The number of nitrogens with two attached hydrogens (primary N) is 1. The van der Waals surface area contributed by atoms with Gasteiger partial charge in [0.1, 0.15) is 0 Å². The molecule has 3 nitrogen and oxygen atoms in total. The Hall–Kier alpha value is -0.730. The van der Waals surface area contributed by atoms with E-state index in [4.69, 9.17) is 10.5 Å². The Bertz CT molecular complexity index is 386. The Kier molecular flexibility index (Phi) is 29.7. The summed E-state index contributed by atoms with van der Waals surface area (Å²) in [6.45, 7) is 2.78. The van der Waals surface area contributed by atoms with E-state index in [-0.39, 0.29) is 0 Å². The summed E-state index contributed by atoms with van der Waals surface area (Å²) in [5.74, 6) is 0. The Morgan fingerprint density at radius 1 is 0.412 bits per heavy atom. The first-order valence-corrected chi connectivity index (χ1v) is 15.7. The first-order chi connectivity index (χ1) is 16.8. The summed E-state index contributed by atoms with van der Waals surface area (Å²) in [6.07, 6.45) is 38.8. The molecule has 0 saturated heterocycles. The molecule has 3 heteroatoms. The van der Waals surface area contributed by atoms with Crippen LogP contribution in [0.2, 0.25) is 0 Å². The van der Waals surface area contributed by atoms with Gasteiger partial charge >= 0.3 is 6.09 Å². The van der Waals surface area contributed by atoms with Gasteiger partial charge in [0.15, 0.2) is 0 Å². The molecule has 0 rings (SSSR count). The van der Waals surface area contributed by atoms with Crippen LogP contribution in [-0.4, -0.2) is 12.7 Å². The van der Waals surface area contributed by atoms with Crippen LogP contribution in [0.4, 0.5) is 4.79 Å². The number of hydrogen-bond donors (Lipinski definition) is 1. The second-order valence-corrected chi connectivity index (χ2v) is 10.7. The topological polar surface area (TPSA) is 52.3 Å². The third-order valence-corrected chi connectivity index (χ3v) is 7.24. The zero-order valence-electron chi connectivity index (χ0n) is 23.4. The highest BCUT2D eigenvalue weighted by atomic mass is 16.5. The summed E-state index contributed by atoms with van der Waals surface area (Å²) in [4.78, 5) is 10.5. The second kappa shape index (κ2) is 30.3. The molecule has 2 N–H and O–H groups in total. The van der Waals surface area contributed by atoms with Crippen LogP contribution in [0.3, 0.4) is 0 Å². The molecule has 0 spiro atoms. The maximum Gasteiger partial charge on any atom is 0.404 e. The van der Waals surface area contributed by atoms with Crippen LogP contribution < -0.4 is 5.73 Å². The standard InChI is InChI=1S/C31H63NO2/c1-2-3-4-5-6-7-8-9-10-11-12-13-14-15-16-17-18-19-20-21-22-23-24-25-26-27-28-29-30-34-31(32)33/h2-30H2,1H3,(H2,32,33). The highest BCUT2D eigenvalue weighted by Gasteiger charge is 1.97. The van der Waals surface area contributed by atoms with Gasteiger partial charge in [0, 0.05) is 0 Å². The molecule has 0 atom stereocenters. The molecule has 0 bridgehead atoms. The molecule has 204 valence electrons. The molecule has 0 radical (unpaired) electrons. The summed E-state index contributed by atoms with van der Waals surface area (Å²) in [7, 11) is 0. The first-order valence-electron chi connectivity index (χ1n) is 15.7. The van der Waals surface area contributed by atoms with E-state index in [9.17, 15) is 4.79 Å². The summed E-state index contributed by atoms with van der Waals surface area (Å²) in [5.41, 5.74) is 4.94. The van der Waals surface area contributed by atoms with Crippen molar-refractivity contribution < 1.29 is 9.53 Å². The molecule has 0 aliphatic carbocycles. The fourth-order valence-corrected chi connectivity index (χ4v) is 4.94. The number of carbonyl (C=O) groups is 1. The van der Waals surface area contributed by atoms with Gasteiger partial charge in [0.2, 0.25) is 0 Å². The van der Waals surface area contributed by atoms with Crippen LogP contribution in [-0.2, 0) is 4.74 Å². The molecule has 1 amide bonds. The van der Waals surface area contributed by atoms with E-state index in [1.807, 2.05) is 0 Å². The van der Waals surface area contributed by atoms with Crippen LogP contribution in [0, 0.1) is 0 Å². The van der Waals surface area contributed by atoms with Crippen molar-refractivity contribution in [1.29, 1.82) is 0 Å². The molecular formula is C31H63NO2. The molecule has 0 saturated carbocycles. The third-order valence-electron chi connectivity index (χ3n) is 7.24. The van der Waals surface area contributed by atoms with E-state index in [2.05, 4.69) is 6.92 Å². The maximum atomic E-state index is 10.5. The average Bonchev–Trinajstić information content (AvgIpc) is 2.83. The molecule has 0 aliphatic heterocycles. The molecule has 34 heavy (non-hydrogen) atoms. The molecule has 0 aromatic heterocycles. The number of amides is 1. The van der Waals surface area contributed by atoms with E-state index in [1.54, 1.807) is 0 Å². The van der Waals surface area contributed by atoms with Gasteiger partial charge < -0.3 is 10.5 Å². The van der Waals surface area contributed by atoms with Gasteiger partial charge in [-0.2, -0.15) is 0 Å². The largest absolute Gasteiger partial charge is 0.450 e. The summed E-state index contributed by atoms with van der Waals surface area (Å²) >= 11 is 0. The van der Waals surface area contributed by atoms with E-state index >= 15 is 0 Å². The first kappa shape index (κ1) is 33.3. The fraction of sp³-hybridized carbons (Fsp3) is 0.968. The Balaban J connectivity index is 3.01. The minimum absolute atomic E-state index is 0.481. The highest BCUT2D eigenvalue weighted by Crippen LogP contribution is 2.16. The zero-order chi connectivity index (χ0) is 24.8. The average molecular weight is 482 g/mol. The van der Waals surface area contributed by atoms with Gasteiger partial charge in [-0.25, -0.2) is 4.79 Å². The Morgan fingerprint density at radius 2 is 0.618 bits per heavy atom. The summed E-state index contributed by atoms with van der Waals surface area (Å²) < 4.78 is 4.74. The van der Waals surface area contributed by atoms with Crippen LogP contribution in [0.1, 0.15) is 187 Å². The van der Waals surface area contributed by atoms with Crippen molar-refractivity contribution in [3.8, 4) is 0 Å². The third kappa shape index (κ3) is 31.3. The molecule has 0 unspecified atom stereocenters. The lowest BCUT2D eigenvalue weighted by atomic mass is 10.0. The predicted molar refractivity (Wildman–Crippen MR) is 150 cm³/mol. The zero-order valence-corrected chi connectivity index (χ0v) is 23.4. The van der Waals surface area contributed by atoms with Crippen LogP contribution in [0.15, 0.2) is 0 Å². The second-order valence-electron chi connectivity index (χ2n) is 10.7. The van der Waals surface area contributed by atoms with Gasteiger partial charge in [0.05, 0.1) is 6.61 Å². The summed E-state index contributed by atoms with van der Waals surface area (Å²) in [5, 5.41) is 0. The van der Waals surface area contributed by atoms with Crippen molar-refractivity contribution in [2.24, 2.45) is 5.73 Å². The van der Waals surface area contributed by atoms with Crippen LogP contribution in [0.25, 0.3) is 0 Å². The number of unbranched alkanes of at least 4 members (excludes halogenated alkanes) is 27. The van der Waals surface area contributed by atoms with Crippen LogP contribution in [0.5, 0.6) is 0 Å². The lowest BCUT2D eigenvalue weighted by Crippen LogP contribution is -2.13. The van der Waals surface area contributed by atoms with E-state index in [0.29, 0.717) is 6.61 Å². The Labute approximate surface area is 214 Å². The number of carbonyl (C=O) groups excluding carboxylic acids is 1. The van der Waals surface area contributed by atoms with Crippen molar-refractivity contribution >= 4 is 6.09 Å². The molecule has 0 aromatic carbocycles. The van der Waals surface area contributed by atoms with Crippen molar-refractivity contribution in [1.82, 2.24) is 0 Å². The highest BCUT2D eigenvalue weighted by molar-refractivity contribution is 5.64. The predicted octanol–water partition coefficient (Wildman–Crippen LogP) is 11.0. The van der Waals surface area contributed by atoms with Gasteiger partial charge in [-0.05, 0) is 6.42 Å². The Morgan fingerprint density at radius 3 is 0.824 bits per heavy atom. The van der Waals surface area contributed by atoms with E-state index in [1.165, 1.54) is 167 Å². The monoisotopic (exact) mass is 481 g/mol. The number of primary amides is 1. The summed E-state index contributed by atoms with van der Waals surface area (Å²) in [6, 6.07) is 0. The van der Waals surface area contributed by atoms with Gasteiger partial charge in [-0.3, -0.25) is 0 Å². The van der Waals surface area contributed by atoms with Crippen LogP contribution >= 0.6 is 0 Å². The number of rotatable bonds is 29. The SMILES string of the molecule is CCCCCCCCCCCCCCCCCCCCCCCCCCCCCCOC(N)=O. The van der Waals surface area contributed by atoms with Gasteiger partial charge in [-0.15, -0.1) is 0 Å². The lowest BCUT2D eigenvalue weighted by molar-refractivity contribution is 0.154. The smallest absolute Gasteiger partial charge is 0.404 e. The lowest BCUT2D eigenvalue weighted by Gasteiger charge is -2.04. The quantitative estimate of drug-likeness (QED) is 0.108. The molecule has 0 fully saturated rings. The number of hydrogen-bond acceptors (Lipinski definition) is 2. The molecule has 0 heterocycles. The molecular weight excluding hydrogens is 418 g/mol. The van der Waals surface area contributed by atoms with Crippen molar-refractivity contribution in [2.45, 2.75) is 187 Å². The molecule has 0 aromatic rings. The van der Waals surface area contributed by atoms with Crippen molar-refractivity contribution in [3.63, 3.8) is 0 Å². The number of ether oxygens (including phenoxy) is 1. The minimum Gasteiger partial charge on any atom is -0.450 e.